The van der Waals surface area contributed by atoms with Gasteiger partial charge in [0.25, 0.3) is 0 Å². The number of nitrogens with zero attached hydrogens (tertiary/aromatic N) is 2. The van der Waals surface area contributed by atoms with E-state index in [4.69, 9.17) is 11.6 Å². The van der Waals surface area contributed by atoms with Crippen molar-refractivity contribution >= 4 is 39.7 Å². The summed E-state index contributed by atoms with van der Waals surface area (Å²) in [6, 6.07) is 6.39. The number of imidazole rings is 1. The van der Waals surface area contributed by atoms with Gasteiger partial charge in [0, 0.05) is 11.8 Å². The van der Waals surface area contributed by atoms with Crippen LogP contribution in [0.15, 0.2) is 35.3 Å². The first-order valence-corrected chi connectivity index (χ1v) is 6.20. The van der Waals surface area contributed by atoms with E-state index in [-0.39, 0.29) is 22.2 Å². The Bertz CT molecular complexity index is 901. The van der Waals surface area contributed by atoms with Gasteiger partial charge in [0.15, 0.2) is 0 Å². The Morgan fingerprint density at radius 2 is 2.00 bits per heavy atom. The van der Waals surface area contributed by atoms with E-state index in [0.29, 0.717) is 16.7 Å². The summed E-state index contributed by atoms with van der Waals surface area (Å²) in [5, 5.41) is 14.0. The number of rotatable bonds is 3. The van der Waals surface area contributed by atoms with Gasteiger partial charge in [-0.2, -0.15) is 0 Å². The molecule has 2 aromatic heterocycles. The number of pyridine rings is 1. The van der Waals surface area contributed by atoms with Crippen LogP contribution in [-0.4, -0.2) is 19.9 Å². The number of halogens is 1. The molecule has 1 aromatic carbocycles. The summed E-state index contributed by atoms with van der Waals surface area (Å²) in [4.78, 5) is 30.5. The molecule has 21 heavy (non-hydrogen) atoms. The second kappa shape index (κ2) is 4.91. The molecule has 3 rings (SSSR count). The number of nitro groups is 1. The van der Waals surface area contributed by atoms with Gasteiger partial charge in [-0.1, -0.05) is 11.6 Å². The molecule has 0 saturated heterocycles. The van der Waals surface area contributed by atoms with Crippen molar-refractivity contribution in [1.82, 2.24) is 15.0 Å². The van der Waals surface area contributed by atoms with Crippen LogP contribution in [0.1, 0.15) is 0 Å². The molecule has 0 amide bonds. The van der Waals surface area contributed by atoms with E-state index in [9.17, 15) is 14.9 Å². The molecule has 0 radical (unpaired) electrons. The SMILES string of the molecule is O=c1[nH]c2ccc(Nc3cc(Cl)ncc3[N+](=O)[O-])cc2[nH]1. The molecule has 3 aromatic rings. The average Bonchev–Trinajstić information content (AvgIpc) is 2.77. The summed E-state index contributed by atoms with van der Waals surface area (Å²) < 4.78 is 0. The zero-order valence-electron chi connectivity index (χ0n) is 10.4. The number of nitrogens with one attached hydrogen (secondary N) is 3. The number of aromatic nitrogens is 3. The van der Waals surface area contributed by atoms with Crippen LogP contribution in [-0.2, 0) is 0 Å². The lowest BCUT2D eigenvalue weighted by Crippen LogP contribution is -1.99. The van der Waals surface area contributed by atoms with Crippen LogP contribution in [0.2, 0.25) is 5.15 Å². The quantitative estimate of drug-likeness (QED) is 0.390. The first-order chi connectivity index (χ1) is 10.0. The lowest BCUT2D eigenvalue weighted by atomic mass is 10.2. The molecule has 0 aliphatic heterocycles. The molecule has 9 heteroatoms. The number of fused-ring (bicyclic) bond motifs is 1. The molecule has 8 nitrogen and oxygen atoms in total. The fourth-order valence-electron chi connectivity index (χ4n) is 1.93. The molecule has 0 saturated carbocycles. The summed E-state index contributed by atoms with van der Waals surface area (Å²) in [7, 11) is 0. The lowest BCUT2D eigenvalue weighted by Gasteiger charge is -2.07. The largest absolute Gasteiger partial charge is 0.350 e. The highest BCUT2D eigenvalue weighted by molar-refractivity contribution is 6.29. The summed E-state index contributed by atoms with van der Waals surface area (Å²) in [6.07, 6.45) is 1.08. The summed E-state index contributed by atoms with van der Waals surface area (Å²) in [5.74, 6) is 0. The molecule has 0 bridgehead atoms. The summed E-state index contributed by atoms with van der Waals surface area (Å²) in [5.41, 5.74) is 1.52. The van der Waals surface area contributed by atoms with Gasteiger partial charge in [-0.25, -0.2) is 9.78 Å². The van der Waals surface area contributed by atoms with Crippen molar-refractivity contribution in [2.24, 2.45) is 0 Å². The third-order valence-electron chi connectivity index (χ3n) is 2.84. The Morgan fingerprint density at radius 1 is 1.24 bits per heavy atom. The van der Waals surface area contributed by atoms with Crippen molar-refractivity contribution in [3.63, 3.8) is 0 Å². The highest BCUT2D eigenvalue weighted by atomic mass is 35.5. The number of anilines is 2. The van der Waals surface area contributed by atoms with Crippen molar-refractivity contribution in [3.05, 3.63) is 56.2 Å². The average molecular weight is 306 g/mol. The van der Waals surface area contributed by atoms with Gasteiger partial charge in [-0.3, -0.25) is 10.1 Å². The minimum Gasteiger partial charge on any atom is -0.350 e. The van der Waals surface area contributed by atoms with E-state index < -0.39 is 4.92 Å². The second-order valence-corrected chi connectivity index (χ2v) is 4.63. The molecule has 0 aliphatic rings. The molecular weight excluding hydrogens is 298 g/mol. The Hall–Kier alpha value is -2.87. The van der Waals surface area contributed by atoms with Crippen molar-refractivity contribution in [1.29, 1.82) is 0 Å². The van der Waals surface area contributed by atoms with Crippen LogP contribution < -0.4 is 11.0 Å². The molecule has 0 fully saturated rings. The number of hydrogen-bond acceptors (Lipinski definition) is 5. The van der Waals surface area contributed by atoms with Crippen LogP contribution in [0.4, 0.5) is 17.1 Å². The first-order valence-electron chi connectivity index (χ1n) is 5.82. The highest BCUT2D eigenvalue weighted by Crippen LogP contribution is 2.29. The summed E-state index contributed by atoms with van der Waals surface area (Å²) in [6.45, 7) is 0. The van der Waals surface area contributed by atoms with Crippen molar-refractivity contribution < 1.29 is 4.92 Å². The molecule has 106 valence electrons. The molecule has 0 unspecified atom stereocenters. The van der Waals surface area contributed by atoms with Crippen LogP contribution >= 0.6 is 11.6 Å². The standard InChI is InChI=1S/C12H8ClN5O3/c13-11-4-9(10(5-14-11)18(20)21)15-6-1-2-7-8(3-6)17-12(19)16-7/h1-5H,(H,14,15)(H2,16,17,19). The fraction of sp³-hybridized carbons (Fsp3) is 0. The predicted octanol–water partition coefficient (Wildman–Crippen LogP) is 2.56. The maximum atomic E-state index is 11.2. The third-order valence-corrected chi connectivity index (χ3v) is 3.05. The maximum Gasteiger partial charge on any atom is 0.323 e. The zero-order chi connectivity index (χ0) is 15.0. The number of aromatic amines is 2. The molecular formula is C12H8ClN5O3. The Kier molecular flexibility index (Phi) is 3.07. The molecule has 0 aliphatic carbocycles. The molecule has 3 N–H and O–H groups in total. The molecule has 2 heterocycles. The monoisotopic (exact) mass is 305 g/mol. The van der Waals surface area contributed by atoms with E-state index >= 15 is 0 Å². The summed E-state index contributed by atoms with van der Waals surface area (Å²) >= 11 is 5.76. The van der Waals surface area contributed by atoms with Gasteiger partial charge in [0.05, 0.1) is 16.0 Å². The maximum absolute atomic E-state index is 11.2. The molecule has 0 atom stereocenters. The number of H-pyrrole nitrogens is 2. The van der Waals surface area contributed by atoms with Gasteiger partial charge < -0.3 is 15.3 Å². The van der Waals surface area contributed by atoms with Gasteiger partial charge >= 0.3 is 11.4 Å². The smallest absolute Gasteiger partial charge is 0.323 e. The Labute approximate surface area is 121 Å². The van der Waals surface area contributed by atoms with E-state index in [1.807, 2.05) is 0 Å². The van der Waals surface area contributed by atoms with E-state index in [1.165, 1.54) is 6.07 Å². The third kappa shape index (κ3) is 2.56. The van der Waals surface area contributed by atoms with Gasteiger partial charge in [0.2, 0.25) is 0 Å². The number of hydrogen-bond donors (Lipinski definition) is 3. The van der Waals surface area contributed by atoms with E-state index in [0.717, 1.165) is 6.20 Å². The first kappa shape index (κ1) is 13.1. The zero-order valence-corrected chi connectivity index (χ0v) is 11.1. The van der Waals surface area contributed by atoms with E-state index in [1.54, 1.807) is 18.2 Å². The van der Waals surface area contributed by atoms with Crippen molar-refractivity contribution in [2.45, 2.75) is 0 Å². The second-order valence-electron chi connectivity index (χ2n) is 4.25. The van der Waals surface area contributed by atoms with Crippen LogP contribution in [0, 0.1) is 10.1 Å². The van der Waals surface area contributed by atoms with Crippen LogP contribution in [0.25, 0.3) is 11.0 Å². The predicted molar refractivity (Wildman–Crippen MR) is 78.1 cm³/mol. The van der Waals surface area contributed by atoms with Gasteiger partial charge in [0.1, 0.15) is 17.0 Å². The topological polar surface area (TPSA) is 117 Å². The van der Waals surface area contributed by atoms with Crippen molar-refractivity contribution in [2.75, 3.05) is 5.32 Å². The van der Waals surface area contributed by atoms with E-state index in [2.05, 4.69) is 20.3 Å². The Balaban J connectivity index is 2.03. The minimum atomic E-state index is -0.553. The fourth-order valence-corrected chi connectivity index (χ4v) is 2.09. The van der Waals surface area contributed by atoms with Crippen molar-refractivity contribution in [3.8, 4) is 0 Å². The lowest BCUT2D eigenvalue weighted by molar-refractivity contribution is -0.384. The normalized spacial score (nSPS) is 10.7. The molecule has 0 spiro atoms. The highest BCUT2D eigenvalue weighted by Gasteiger charge is 2.15. The van der Waals surface area contributed by atoms with Gasteiger partial charge in [-0.15, -0.1) is 0 Å². The van der Waals surface area contributed by atoms with Crippen LogP contribution in [0.3, 0.4) is 0 Å². The van der Waals surface area contributed by atoms with Crippen LogP contribution in [0.5, 0.6) is 0 Å². The van der Waals surface area contributed by atoms with Gasteiger partial charge in [-0.05, 0) is 18.2 Å². The Morgan fingerprint density at radius 3 is 2.76 bits per heavy atom. The minimum absolute atomic E-state index is 0.138. The number of benzene rings is 1.